The normalized spacial score (nSPS) is 13.9. The minimum absolute atomic E-state index is 0.187. The summed E-state index contributed by atoms with van der Waals surface area (Å²) in [6, 6.07) is 2.67. The van der Waals surface area contributed by atoms with E-state index in [0.29, 0.717) is 6.04 Å². The standard InChI is InChI=1S/C17H34N4/c1-8-17(9-2,20(6)7)16(18-10-3)13-15-12-14(5)19-21(15)11-4/h12,16,18H,8-11,13H2,1-7H3. The average molecular weight is 294 g/mol. The van der Waals surface area contributed by atoms with Crippen molar-refractivity contribution in [2.24, 2.45) is 0 Å². The summed E-state index contributed by atoms with van der Waals surface area (Å²) in [6.45, 7) is 13.0. The second-order valence-electron chi connectivity index (χ2n) is 6.11. The lowest BCUT2D eigenvalue weighted by Gasteiger charge is -2.45. The van der Waals surface area contributed by atoms with Crippen molar-refractivity contribution < 1.29 is 0 Å². The van der Waals surface area contributed by atoms with Crippen molar-refractivity contribution in [3.05, 3.63) is 17.5 Å². The zero-order chi connectivity index (χ0) is 16.0. The molecule has 4 nitrogen and oxygen atoms in total. The molecule has 0 aliphatic carbocycles. The van der Waals surface area contributed by atoms with Gasteiger partial charge >= 0.3 is 0 Å². The number of nitrogens with zero attached hydrogens (tertiary/aromatic N) is 3. The van der Waals surface area contributed by atoms with Gasteiger partial charge in [-0.2, -0.15) is 5.10 Å². The van der Waals surface area contributed by atoms with Crippen molar-refractivity contribution in [3.63, 3.8) is 0 Å². The number of rotatable bonds is 9. The van der Waals surface area contributed by atoms with Crippen molar-refractivity contribution >= 4 is 0 Å². The maximum absolute atomic E-state index is 4.60. The van der Waals surface area contributed by atoms with Crippen LogP contribution in [0.2, 0.25) is 0 Å². The first-order valence-corrected chi connectivity index (χ1v) is 8.39. The SMILES string of the molecule is CCNC(Cc1cc(C)nn1CC)C(CC)(CC)N(C)C. The highest BCUT2D eigenvalue weighted by atomic mass is 15.3. The van der Waals surface area contributed by atoms with E-state index in [0.717, 1.165) is 38.0 Å². The van der Waals surface area contributed by atoms with E-state index < -0.39 is 0 Å². The van der Waals surface area contributed by atoms with Crippen LogP contribution in [0, 0.1) is 6.92 Å². The van der Waals surface area contributed by atoms with Crippen LogP contribution in [0.25, 0.3) is 0 Å². The smallest absolute Gasteiger partial charge is 0.0596 e. The highest BCUT2D eigenvalue weighted by Gasteiger charge is 2.37. The first kappa shape index (κ1) is 18.2. The third-order valence-corrected chi connectivity index (χ3v) is 4.91. The molecule has 1 N–H and O–H groups in total. The summed E-state index contributed by atoms with van der Waals surface area (Å²) in [4.78, 5) is 2.40. The summed E-state index contributed by atoms with van der Waals surface area (Å²) in [6.07, 6.45) is 3.32. The van der Waals surface area contributed by atoms with E-state index >= 15 is 0 Å². The molecule has 0 saturated heterocycles. The first-order valence-electron chi connectivity index (χ1n) is 8.39. The van der Waals surface area contributed by atoms with E-state index in [1.807, 2.05) is 0 Å². The Morgan fingerprint density at radius 3 is 2.29 bits per heavy atom. The molecule has 0 fully saturated rings. The lowest BCUT2D eigenvalue weighted by molar-refractivity contribution is 0.0879. The van der Waals surface area contributed by atoms with Gasteiger partial charge in [-0.15, -0.1) is 0 Å². The maximum Gasteiger partial charge on any atom is 0.0596 e. The summed E-state index contributed by atoms with van der Waals surface area (Å²) in [5, 5.41) is 8.33. The van der Waals surface area contributed by atoms with Crippen LogP contribution in [-0.4, -0.2) is 46.9 Å². The molecule has 0 radical (unpaired) electrons. The number of nitrogens with one attached hydrogen (secondary N) is 1. The zero-order valence-electron chi connectivity index (χ0n) is 15.0. The summed E-state index contributed by atoms with van der Waals surface area (Å²) < 4.78 is 2.14. The molecular weight excluding hydrogens is 260 g/mol. The molecule has 0 saturated carbocycles. The van der Waals surface area contributed by atoms with Gasteiger partial charge in [0, 0.05) is 30.2 Å². The Bertz CT molecular complexity index is 418. The molecule has 1 atom stereocenters. The van der Waals surface area contributed by atoms with Gasteiger partial charge in [-0.25, -0.2) is 0 Å². The van der Waals surface area contributed by atoms with Gasteiger partial charge < -0.3 is 10.2 Å². The molecule has 0 spiro atoms. The van der Waals surface area contributed by atoms with E-state index in [9.17, 15) is 0 Å². The minimum Gasteiger partial charge on any atom is -0.312 e. The van der Waals surface area contributed by atoms with Gasteiger partial charge in [-0.1, -0.05) is 20.8 Å². The number of hydrogen-bond donors (Lipinski definition) is 1. The van der Waals surface area contributed by atoms with E-state index in [1.54, 1.807) is 0 Å². The third-order valence-electron chi connectivity index (χ3n) is 4.91. The number of aromatic nitrogens is 2. The van der Waals surface area contributed by atoms with E-state index in [-0.39, 0.29) is 5.54 Å². The van der Waals surface area contributed by atoms with Crippen LogP contribution < -0.4 is 5.32 Å². The summed E-state index contributed by atoms with van der Waals surface area (Å²) in [5.74, 6) is 0. The Hall–Kier alpha value is -0.870. The van der Waals surface area contributed by atoms with Crippen LogP contribution in [0.4, 0.5) is 0 Å². The highest BCUT2D eigenvalue weighted by molar-refractivity contribution is 5.13. The van der Waals surface area contributed by atoms with E-state index in [1.165, 1.54) is 5.69 Å². The molecule has 1 aromatic heterocycles. The highest BCUT2D eigenvalue weighted by Crippen LogP contribution is 2.28. The van der Waals surface area contributed by atoms with Crippen LogP contribution >= 0.6 is 0 Å². The van der Waals surface area contributed by atoms with Gasteiger partial charge in [0.2, 0.25) is 0 Å². The minimum atomic E-state index is 0.187. The summed E-state index contributed by atoms with van der Waals surface area (Å²) in [7, 11) is 4.42. The van der Waals surface area contributed by atoms with Gasteiger partial charge in [0.1, 0.15) is 0 Å². The Kier molecular flexibility index (Phi) is 6.88. The fourth-order valence-electron chi connectivity index (χ4n) is 3.63. The predicted octanol–water partition coefficient (Wildman–Crippen LogP) is 2.85. The average Bonchev–Trinajstić information content (AvgIpc) is 2.80. The fraction of sp³-hybridized carbons (Fsp3) is 0.824. The molecule has 0 aliphatic rings. The molecular formula is C17H34N4. The molecule has 0 aliphatic heterocycles. The van der Waals surface area contributed by atoms with Crippen LogP contribution in [0.3, 0.4) is 0 Å². The Balaban J connectivity index is 3.10. The lowest BCUT2D eigenvalue weighted by atomic mass is 9.80. The molecule has 1 aromatic rings. The second-order valence-corrected chi connectivity index (χ2v) is 6.11. The quantitative estimate of drug-likeness (QED) is 0.760. The van der Waals surface area contributed by atoms with Crippen molar-refractivity contribution in [1.82, 2.24) is 20.0 Å². The molecule has 122 valence electrons. The zero-order valence-corrected chi connectivity index (χ0v) is 15.0. The largest absolute Gasteiger partial charge is 0.312 e. The second kappa shape index (κ2) is 7.95. The Morgan fingerprint density at radius 2 is 1.86 bits per heavy atom. The number of likely N-dealkylation sites (N-methyl/N-ethyl adjacent to an activating group) is 2. The summed E-state index contributed by atoms with van der Waals surface area (Å²) in [5.41, 5.74) is 2.65. The molecule has 1 heterocycles. The fourth-order valence-corrected chi connectivity index (χ4v) is 3.63. The molecule has 1 unspecified atom stereocenters. The number of aryl methyl sites for hydroxylation is 2. The van der Waals surface area contributed by atoms with E-state index in [4.69, 9.17) is 0 Å². The van der Waals surface area contributed by atoms with Crippen molar-refractivity contribution in [2.45, 2.75) is 72.0 Å². The van der Waals surface area contributed by atoms with Crippen molar-refractivity contribution in [1.29, 1.82) is 0 Å². The molecule has 4 heteroatoms. The molecule has 0 aromatic carbocycles. The topological polar surface area (TPSA) is 33.1 Å². The third kappa shape index (κ3) is 3.86. The predicted molar refractivity (Wildman–Crippen MR) is 90.8 cm³/mol. The molecule has 21 heavy (non-hydrogen) atoms. The van der Waals surface area contributed by atoms with Gasteiger partial charge in [0.25, 0.3) is 0 Å². The summed E-state index contributed by atoms with van der Waals surface area (Å²) >= 11 is 0. The lowest BCUT2D eigenvalue weighted by Crippen LogP contribution is -2.59. The van der Waals surface area contributed by atoms with Gasteiger partial charge in [-0.05, 0) is 53.4 Å². The molecule has 0 amide bonds. The van der Waals surface area contributed by atoms with Gasteiger partial charge in [0.15, 0.2) is 0 Å². The van der Waals surface area contributed by atoms with Gasteiger partial charge in [0.05, 0.1) is 5.69 Å². The van der Waals surface area contributed by atoms with Crippen molar-refractivity contribution in [2.75, 3.05) is 20.6 Å². The first-order chi connectivity index (χ1) is 9.94. The Labute approximate surface area is 130 Å². The molecule has 0 bridgehead atoms. The van der Waals surface area contributed by atoms with Crippen LogP contribution in [-0.2, 0) is 13.0 Å². The van der Waals surface area contributed by atoms with Crippen molar-refractivity contribution in [3.8, 4) is 0 Å². The van der Waals surface area contributed by atoms with Crippen LogP contribution in [0.5, 0.6) is 0 Å². The van der Waals surface area contributed by atoms with Crippen LogP contribution in [0.1, 0.15) is 51.9 Å². The monoisotopic (exact) mass is 294 g/mol. The Morgan fingerprint density at radius 1 is 1.24 bits per heavy atom. The van der Waals surface area contributed by atoms with Gasteiger partial charge in [-0.3, -0.25) is 4.68 Å². The van der Waals surface area contributed by atoms with Crippen LogP contribution in [0.15, 0.2) is 6.07 Å². The maximum atomic E-state index is 4.60. The van der Waals surface area contributed by atoms with E-state index in [2.05, 4.69) is 74.8 Å². The number of hydrogen-bond acceptors (Lipinski definition) is 3. The molecule has 1 rings (SSSR count).